The maximum absolute atomic E-state index is 13.4. The van der Waals surface area contributed by atoms with Gasteiger partial charge in [0.05, 0.1) is 17.1 Å². The molecule has 0 aliphatic carbocycles. The molecule has 0 radical (unpaired) electrons. The summed E-state index contributed by atoms with van der Waals surface area (Å²) < 4.78 is 1.05. The number of anilines is 1. The lowest BCUT2D eigenvalue weighted by atomic mass is 9.77. The summed E-state index contributed by atoms with van der Waals surface area (Å²) in [5, 5.41) is 15.8. The van der Waals surface area contributed by atoms with Gasteiger partial charge in [0.15, 0.2) is 0 Å². The van der Waals surface area contributed by atoms with Crippen LogP contribution >= 0.6 is 15.9 Å². The highest BCUT2D eigenvalue weighted by Gasteiger charge is 2.47. The number of phenols is 1. The summed E-state index contributed by atoms with van der Waals surface area (Å²) >= 11 is 3.48. The molecule has 8 heteroatoms. The number of likely N-dealkylation sites (tertiary alicyclic amines) is 2. The SMILES string of the molecule is O=C(Nc1ccccc1O)NC(CCN1CCC2(CC1)CCN(Cc1ccc(Br)cc1)C2=O)c1ccccc1. The van der Waals surface area contributed by atoms with E-state index in [0.29, 0.717) is 18.1 Å². The fourth-order valence-corrected chi connectivity index (χ4v) is 6.00. The Morgan fingerprint density at radius 1 is 0.923 bits per heavy atom. The molecule has 1 spiro atoms. The van der Waals surface area contributed by atoms with E-state index in [4.69, 9.17) is 0 Å². The van der Waals surface area contributed by atoms with Gasteiger partial charge in [0.2, 0.25) is 5.91 Å². The van der Waals surface area contributed by atoms with E-state index in [1.54, 1.807) is 24.3 Å². The quantitative estimate of drug-likeness (QED) is 0.284. The molecule has 2 aliphatic rings. The second-order valence-electron chi connectivity index (χ2n) is 10.6. The number of halogens is 1. The largest absolute Gasteiger partial charge is 0.506 e. The number of nitrogens with one attached hydrogen (secondary N) is 2. The molecule has 1 atom stereocenters. The van der Waals surface area contributed by atoms with Gasteiger partial charge in [-0.3, -0.25) is 4.79 Å². The number of piperidine rings is 1. The van der Waals surface area contributed by atoms with E-state index >= 15 is 0 Å². The Hall–Kier alpha value is -3.36. The molecule has 3 N–H and O–H groups in total. The number of amides is 3. The molecule has 2 saturated heterocycles. The Morgan fingerprint density at radius 2 is 1.59 bits per heavy atom. The number of nitrogens with zero attached hydrogens (tertiary/aromatic N) is 2. The summed E-state index contributed by atoms with van der Waals surface area (Å²) in [6.45, 7) is 4.07. The molecule has 0 aromatic heterocycles. The molecule has 5 rings (SSSR count). The van der Waals surface area contributed by atoms with Crippen molar-refractivity contribution >= 4 is 33.6 Å². The Bertz CT molecular complexity index is 1280. The van der Waals surface area contributed by atoms with Crippen molar-refractivity contribution in [2.45, 2.75) is 38.3 Å². The molecule has 1 unspecified atom stereocenters. The Kier molecular flexibility index (Phi) is 8.53. The minimum absolute atomic E-state index is 0.0306. The molecule has 7 nitrogen and oxygen atoms in total. The lowest BCUT2D eigenvalue weighted by Crippen LogP contribution is -2.45. The third-order valence-electron chi connectivity index (χ3n) is 8.09. The van der Waals surface area contributed by atoms with Crippen LogP contribution in [0.15, 0.2) is 83.3 Å². The monoisotopic (exact) mass is 590 g/mol. The van der Waals surface area contributed by atoms with Gasteiger partial charge in [0.1, 0.15) is 5.75 Å². The van der Waals surface area contributed by atoms with Crippen molar-refractivity contribution in [1.29, 1.82) is 0 Å². The summed E-state index contributed by atoms with van der Waals surface area (Å²) in [4.78, 5) is 30.7. The molecule has 3 amide bonds. The first-order valence-corrected chi connectivity index (χ1v) is 14.4. The molecule has 0 saturated carbocycles. The van der Waals surface area contributed by atoms with Crippen LogP contribution in [-0.4, -0.2) is 53.0 Å². The van der Waals surface area contributed by atoms with Crippen molar-refractivity contribution in [1.82, 2.24) is 15.1 Å². The number of hydrogen-bond donors (Lipinski definition) is 3. The zero-order chi connectivity index (χ0) is 27.2. The van der Waals surface area contributed by atoms with Crippen molar-refractivity contribution in [3.05, 3.63) is 94.5 Å². The van der Waals surface area contributed by atoms with Crippen LogP contribution in [0.2, 0.25) is 0 Å². The summed E-state index contributed by atoms with van der Waals surface area (Å²) in [6.07, 6.45) is 3.42. The molecular formula is C31H35BrN4O3. The molecule has 2 fully saturated rings. The smallest absolute Gasteiger partial charge is 0.319 e. The van der Waals surface area contributed by atoms with Crippen LogP contribution in [0, 0.1) is 5.41 Å². The van der Waals surface area contributed by atoms with E-state index in [1.165, 1.54) is 0 Å². The molecular weight excluding hydrogens is 556 g/mol. The first-order valence-electron chi connectivity index (χ1n) is 13.6. The van der Waals surface area contributed by atoms with Crippen molar-refractivity contribution in [3.8, 4) is 5.75 Å². The number of phenolic OH excluding ortho intramolecular Hbond substituents is 1. The third kappa shape index (κ3) is 6.62. The number of urea groups is 1. The van der Waals surface area contributed by atoms with Crippen LogP contribution < -0.4 is 10.6 Å². The van der Waals surface area contributed by atoms with Crippen LogP contribution in [0.5, 0.6) is 5.75 Å². The van der Waals surface area contributed by atoms with Crippen LogP contribution in [0.1, 0.15) is 42.9 Å². The van der Waals surface area contributed by atoms with E-state index in [2.05, 4.69) is 43.6 Å². The number of hydrogen-bond acceptors (Lipinski definition) is 4. The highest BCUT2D eigenvalue weighted by molar-refractivity contribution is 9.10. The number of benzene rings is 3. The standard InChI is InChI=1S/C31H35BrN4O3/c32-25-12-10-23(11-13-25)22-36-21-17-31(29(36)38)15-19-35(20-16-31)18-14-26(24-6-2-1-3-7-24)33-30(39)34-27-8-4-5-9-28(27)37/h1-13,26,37H,14-22H2,(H2,33,34,39). The number of carbonyl (C=O) groups is 2. The fourth-order valence-electron chi connectivity index (χ4n) is 5.74. The van der Waals surface area contributed by atoms with Crippen molar-refractivity contribution in [3.63, 3.8) is 0 Å². The highest BCUT2D eigenvalue weighted by atomic mass is 79.9. The van der Waals surface area contributed by atoms with Gasteiger partial charge < -0.3 is 25.5 Å². The minimum Gasteiger partial charge on any atom is -0.506 e. The zero-order valence-electron chi connectivity index (χ0n) is 22.0. The average Bonchev–Trinajstić information content (AvgIpc) is 3.24. The number of rotatable bonds is 8. The molecule has 204 valence electrons. The van der Waals surface area contributed by atoms with E-state index in [-0.39, 0.29) is 23.2 Å². The second-order valence-corrected chi connectivity index (χ2v) is 11.5. The number of para-hydroxylation sites is 2. The minimum atomic E-state index is -0.356. The average molecular weight is 592 g/mol. The van der Waals surface area contributed by atoms with Gasteiger partial charge in [-0.25, -0.2) is 4.79 Å². The Morgan fingerprint density at radius 3 is 2.31 bits per heavy atom. The summed E-state index contributed by atoms with van der Waals surface area (Å²) in [7, 11) is 0. The maximum atomic E-state index is 13.4. The molecule has 0 bridgehead atoms. The van der Waals surface area contributed by atoms with Crippen molar-refractivity contribution in [2.24, 2.45) is 5.41 Å². The predicted octanol–water partition coefficient (Wildman–Crippen LogP) is 5.92. The zero-order valence-corrected chi connectivity index (χ0v) is 23.6. The van der Waals surface area contributed by atoms with Gasteiger partial charge in [-0.15, -0.1) is 0 Å². The Labute approximate surface area is 238 Å². The number of carbonyl (C=O) groups excluding carboxylic acids is 2. The third-order valence-corrected chi connectivity index (χ3v) is 8.62. The second kappa shape index (κ2) is 12.2. The predicted molar refractivity (Wildman–Crippen MR) is 156 cm³/mol. The maximum Gasteiger partial charge on any atom is 0.319 e. The van der Waals surface area contributed by atoms with Crippen molar-refractivity contribution < 1.29 is 14.7 Å². The normalized spacial score (nSPS) is 17.8. The van der Waals surface area contributed by atoms with Crippen LogP contribution in [0.4, 0.5) is 10.5 Å². The van der Waals surface area contributed by atoms with Gasteiger partial charge in [-0.2, -0.15) is 0 Å². The summed E-state index contributed by atoms with van der Waals surface area (Å²) in [5.41, 5.74) is 2.33. The van der Waals surface area contributed by atoms with Gasteiger partial charge >= 0.3 is 6.03 Å². The van der Waals surface area contributed by atoms with Gasteiger partial charge in [-0.1, -0.05) is 70.5 Å². The lowest BCUT2D eigenvalue weighted by molar-refractivity contribution is -0.138. The van der Waals surface area contributed by atoms with E-state index in [9.17, 15) is 14.7 Å². The number of aromatic hydroxyl groups is 1. The topological polar surface area (TPSA) is 84.9 Å². The van der Waals surface area contributed by atoms with E-state index in [1.807, 2.05) is 47.4 Å². The first-order chi connectivity index (χ1) is 18.9. The van der Waals surface area contributed by atoms with Crippen LogP contribution in [0.25, 0.3) is 0 Å². The molecule has 39 heavy (non-hydrogen) atoms. The molecule has 2 aliphatic heterocycles. The van der Waals surface area contributed by atoms with Gasteiger partial charge in [-0.05, 0) is 74.2 Å². The van der Waals surface area contributed by atoms with Crippen LogP contribution in [0.3, 0.4) is 0 Å². The van der Waals surface area contributed by atoms with Crippen LogP contribution in [-0.2, 0) is 11.3 Å². The van der Waals surface area contributed by atoms with Gasteiger partial charge in [0.25, 0.3) is 0 Å². The van der Waals surface area contributed by atoms with Crippen molar-refractivity contribution in [2.75, 3.05) is 31.5 Å². The highest BCUT2D eigenvalue weighted by Crippen LogP contribution is 2.42. The summed E-state index contributed by atoms with van der Waals surface area (Å²) in [5.74, 6) is 0.331. The summed E-state index contributed by atoms with van der Waals surface area (Å²) in [6, 6.07) is 24.3. The molecule has 3 aromatic carbocycles. The molecule has 3 aromatic rings. The van der Waals surface area contributed by atoms with E-state index < -0.39 is 0 Å². The Balaban J connectivity index is 1.15. The fraction of sp³-hybridized carbons (Fsp3) is 0.355. The van der Waals surface area contributed by atoms with Gasteiger partial charge in [0, 0.05) is 24.1 Å². The first kappa shape index (κ1) is 27.2. The molecule has 2 heterocycles. The van der Waals surface area contributed by atoms with E-state index in [0.717, 1.165) is 67.5 Å². The lowest BCUT2D eigenvalue weighted by Gasteiger charge is -2.38.